The van der Waals surface area contributed by atoms with Gasteiger partial charge in [0, 0.05) is 104 Å². The molecule has 0 aromatic heterocycles. The van der Waals surface area contributed by atoms with Crippen molar-refractivity contribution in [2.75, 3.05) is 47.4 Å². The summed E-state index contributed by atoms with van der Waals surface area (Å²) in [6, 6.07) is 18.3. The summed E-state index contributed by atoms with van der Waals surface area (Å²) < 4.78 is 20.9. The van der Waals surface area contributed by atoms with Gasteiger partial charge in [-0.1, -0.05) is 0 Å². The zero-order valence-corrected chi connectivity index (χ0v) is 46.3. The summed E-state index contributed by atoms with van der Waals surface area (Å²) in [5, 5.41) is 50.7. The number of ether oxygens (including phenoxy) is 4. The summed E-state index contributed by atoms with van der Waals surface area (Å²) >= 11 is 0. The van der Waals surface area contributed by atoms with Crippen molar-refractivity contribution in [2.24, 2.45) is 20.0 Å². The predicted molar refractivity (Wildman–Crippen MR) is 285 cm³/mol. The Hall–Kier alpha value is -7.16. The van der Waals surface area contributed by atoms with E-state index < -0.39 is 46.8 Å². The Morgan fingerprint density at radius 1 is 0.387 bits per heavy atom. The quantitative estimate of drug-likeness (QED) is 0.0192. The molecule has 0 unspecified atom stereocenters. The standard InChI is InChI=1S/2C26H34N4O6.2Fe.H2O/c2*1-25(2,3)35-23(33)29-19-7-9-21(31)17(13-19)15-27-11-12-28-16-18-14-20(8-10-22(18)32)30-24(34)36-26(4,5)6;;;/h2*7-10,13-16,31-32H,11-12H2,1-6H3,(H,29,33)(H,30,34);;;1H2. The number of carbonyl (C=O) groups excluding carboxylic acids is 4. The van der Waals surface area contributed by atoms with Crippen LogP contribution in [0.15, 0.2) is 92.8 Å². The minimum atomic E-state index is -0.626. The van der Waals surface area contributed by atoms with Crippen molar-refractivity contribution in [3.8, 4) is 23.0 Å². The van der Waals surface area contributed by atoms with Crippen molar-refractivity contribution < 1.29 is 98.2 Å². The molecule has 0 fully saturated rings. The monoisotopic (exact) mass is 1130 g/mol. The Balaban J connectivity index is 0.00000140. The number of carbonyl (C=O) groups is 4. The average Bonchev–Trinajstić information content (AvgIpc) is 3.22. The average molecular weight is 1130 g/mol. The SMILES string of the molecule is CC(C)(C)OC(=O)Nc1ccc(O)c(C=NCCN=Cc2cc(NC(=O)OC(C)(C)C)ccc2O)c1.CC(C)(C)OC(=O)Nc1ccc(O)c(C=NCCN=Cc2cc(NC(=O)OC(C)(C)C)ccc2O)c1.O.[Fe].[Fe]. The van der Waals surface area contributed by atoms with Gasteiger partial charge in [-0.25, -0.2) is 19.2 Å². The molecule has 21 nitrogen and oxygen atoms in total. The van der Waals surface area contributed by atoms with Crippen molar-refractivity contribution >= 4 is 72.0 Å². The van der Waals surface area contributed by atoms with E-state index in [1.54, 1.807) is 132 Å². The van der Waals surface area contributed by atoms with Gasteiger partial charge in [0.25, 0.3) is 0 Å². The topological polar surface area (TPSA) is 315 Å². The second kappa shape index (κ2) is 30.9. The molecule has 4 amide bonds. The van der Waals surface area contributed by atoms with Crippen LogP contribution in [0.3, 0.4) is 0 Å². The number of rotatable bonds is 14. The molecular formula is C52H70Fe2N8O13. The molecule has 0 aliphatic rings. The van der Waals surface area contributed by atoms with Gasteiger partial charge >= 0.3 is 24.4 Å². The molecule has 4 aromatic carbocycles. The molecule has 0 radical (unpaired) electrons. The van der Waals surface area contributed by atoms with Gasteiger partial charge in [0.2, 0.25) is 0 Å². The van der Waals surface area contributed by atoms with Crippen LogP contribution in [0.5, 0.6) is 23.0 Å². The van der Waals surface area contributed by atoms with E-state index in [9.17, 15) is 39.6 Å². The molecule has 0 saturated heterocycles. The number of anilines is 4. The van der Waals surface area contributed by atoms with E-state index in [4.69, 9.17) is 18.9 Å². The van der Waals surface area contributed by atoms with Gasteiger partial charge < -0.3 is 44.8 Å². The number of nitrogens with one attached hydrogen (secondary N) is 4. The third-order valence-corrected chi connectivity index (χ3v) is 8.33. The fourth-order valence-corrected chi connectivity index (χ4v) is 5.51. The Morgan fingerprint density at radius 3 is 0.720 bits per heavy atom. The number of phenolic OH excluding ortho intramolecular Hbond substituents is 4. The third-order valence-electron chi connectivity index (χ3n) is 8.33. The van der Waals surface area contributed by atoms with Crippen LogP contribution in [0.25, 0.3) is 0 Å². The Labute approximate surface area is 459 Å². The first-order valence-electron chi connectivity index (χ1n) is 22.7. The maximum Gasteiger partial charge on any atom is 0.412 e. The van der Waals surface area contributed by atoms with Gasteiger partial charge in [-0.15, -0.1) is 0 Å². The molecule has 0 aliphatic carbocycles. The van der Waals surface area contributed by atoms with E-state index >= 15 is 0 Å². The fourth-order valence-electron chi connectivity index (χ4n) is 5.51. The molecule has 0 bridgehead atoms. The van der Waals surface area contributed by atoms with Gasteiger partial charge in [-0.2, -0.15) is 0 Å². The van der Waals surface area contributed by atoms with Crippen LogP contribution in [0.2, 0.25) is 0 Å². The minimum Gasteiger partial charge on any atom is -0.507 e. The van der Waals surface area contributed by atoms with Gasteiger partial charge in [0.05, 0.1) is 26.2 Å². The van der Waals surface area contributed by atoms with Crippen molar-refractivity contribution in [2.45, 2.75) is 105 Å². The van der Waals surface area contributed by atoms with Gasteiger partial charge in [-0.05, 0) is 156 Å². The second-order valence-corrected chi connectivity index (χ2v) is 19.7. The molecule has 4 aromatic rings. The molecule has 23 heteroatoms. The van der Waals surface area contributed by atoms with E-state index in [1.807, 2.05) is 0 Å². The molecular weight excluding hydrogens is 1060 g/mol. The smallest absolute Gasteiger partial charge is 0.412 e. The van der Waals surface area contributed by atoms with Crippen LogP contribution in [0.4, 0.5) is 41.9 Å². The van der Waals surface area contributed by atoms with E-state index in [-0.39, 0.29) is 62.6 Å². The summed E-state index contributed by atoms with van der Waals surface area (Å²) in [7, 11) is 0. The number of hydrogen-bond donors (Lipinski definition) is 8. The molecule has 0 heterocycles. The minimum absolute atomic E-state index is 0. The van der Waals surface area contributed by atoms with E-state index in [0.717, 1.165) is 0 Å². The molecule has 0 atom stereocenters. The number of aliphatic imine (C=N–C) groups is 4. The van der Waals surface area contributed by atoms with Crippen molar-refractivity contribution in [3.05, 3.63) is 95.1 Å². The van der Waals surface area contributed by atoms with Crippen molar-refractivity contribution in [1.82, 2.24) is 0 Å². The molecule has 412 valence electrons. The molecule has 4 rings (SSSR count). The summed E-state index contributed by atoms with van der Waals surface area (Å²) in [5.74, 6) is 0.0415. The first-order chi connectivity index (χ1) is 33.4. The van der Waals surface area contributed by atoms with Crippen LogP contribution >= 0.6 is 0 Å². The number of nitrogens with zero attached hydrogens (tertiary/aromatic N) is 4. The van der Waals surface area contributed by atoms with Crippen LogP contribution in [-0.4, -0.2) is 124 Å². The van der Waals surface area contributed by atoms with Crippen LogP contribution < -0.4 is 21.3 Å². The maximum absolute atomic E-state index is 11.9. The van der Waals surface area contributed by atoms with E-state index in [1.165, 1.54) is 49.1 Å². The molecule has 0 spiro atoms. The first kappa shape index (κ1) is 67.8. The van der Waals surface area contributed by atoms with Gasteiger partial charge in [0.15, 0.2) is 0 Å². The second-order valence-electron chi connectivity index (χ2n) is 19.7. The van der Waals surface area contributed by atoms with Crippen LogP contribution in [0.1, 0.15) is 105 Å². The van der Waals surface area contributed by atoms with E-state index in [0.29, 0.717) is 71.2 Å². The number of aromatic hydroxyl groups is 4. The number of amides is 4. The van der Waals surface area contributed by atoms with Gasteiger partial charge in [0.1, 0.15) is 45.4 Å². The Kier molecular flexibility index (Phi) is 27.9. The summed E-state index contributed by atoms with van der Waals surface area (Å²) in [5.41, 5.74) is 1.01. The molecule has 10 N–H and O–H groups in total. The summed E-state index contributed by atoms with van der Waals surface area (Å²) in [4.78, 5) is 64.7. The molecule has 0 aliphatic heterocycles. The largest absolute Gasteiger partial charge is 0.507 e. The van der Waals surface area contributed by atoms with Crippen LogP contribution in [-0.2, 0) is 53.1 Å². The Morgan fingerprint density at radius 2 is 0.560 bits per heavy atom. The van der Waals surface area contributed by atoms with E-state index in [2.05, 4.69) is 41.2 Å². The first-order valence-corrected chi connectivity index (χ1v) is 22.7. The van der Waals surface area contributed by atoms with Crippen molar-refractivity contribution in [3.63, 3.8) is 0 Å². The van der Waals surface area contributed by atoms with Crippen LogP contribution in [0, 0.1) is 0 Å². The predicted octanol–water partition coefficient (Wildman–Crippen LogP) is 9.83. The van der Waals surface area contributed by atoms with Crippen molar-refractivity contribution in [1.29, 1.82) is 0 Å². The maximum atomic E-state index is 11.9. The number of benzene rings is 4. The third kappa shape index (κ3) is 28.8. The fraction of sp³-hybridized carbons (Fsp3) is 0.385. The normalized spacial score (nSPS) is 11.6. The zero-order valence-electron chi connectivity index (χ0n) is 44.1. The van der Waals surface area contributed by atoms with Gasteiger partial charge in [-0.3, -0.25) is 41.2 Å². The Bertz CT molecular complexity index is 2280. The molecule has 0 saturated carbocycles. The summed E-state index contributed by atoms with van der Waals surface area (Å²) in [6.45, 7) is 22.5. The zero-order chi connectivity index (χ0) is 53.9. The molecule has 75 heavy (non-hydrogen) atoms. The number of phenols is 4. The number of hydrogen-bond acceptors (Lipinski definition) is 16. The summed E-state index contributed by atoms with van der Waals surface area (Å²) in [6.07, 6.45) is 3.53.